The van der Waals surface area contributed by atoms with Gasteiger partial charge in [-0.3, -0.25) is 4.79 Å². The highest BCUT2D eigenvalue weighted by molar-refractivity contribution is 5.95. The van der Waals surface area contributed by atoms with Gasteiger partial charge in [0, 0.05) is 24.3 Å². The lowest BCUT2D eigenvalue weighted by atomic mass is 10.1. The van der Waals surface area contributed by atoms with E-state index in [0.717, 1.165) is 31.4 Å². The highest BCUT2D eigenvalue weighted by Crippen LogP contribution is 2.08. The average Bonchev–Trinajstić information content (AvgIpc) is 2.87. The van der Waals surface area contributed by atoms with Crippen molar-refractivity contribution in [1.82, 2.24) is 20.0 Å². The van der Waals surface area contributed by atoms with E-state index in [1.807, 2.05) is 22.7 Å². The quantitative estimate of drug-likeness (QED) is 0.822. The van der Waals surface area contributed by atoms with Crippen LogP contribution < -0.4 is 10.6 Å². The molecule has 3 rings (SSSR count). The molecule has 0 aromatic carbocycles. The molecular weight excluding hydrogens is 228 g/mol. The summed E-state index contributed by atoms with van der Waals surface area (Å²) in [5.41, 5.74) is 1.62. The molecule has 1 aliphatic rings. The highest BCUT2D eigenvalue weighted by Gasteiger charge is 2.16. The Morgan fingerprint density at radius 2 is 2.50 bits per heavy atom. The largest absolute Gasteiger partial charge is 0.348 e. The van der Waals surface area contributed by atoms with E-state index in [1.165, 1.54) is 0 Å². The van der Waals surface area contributed by atoms with Gasteiger partial charge in [-0.05, 0) is 31.5 Å². The van der Waals surface area contributed by atoms with Gasteiger partial charge in [-0.2, -0.15) is 0 Å². The lowest BCUT2D eigenvalue weighted by Crippen LogP contribution is -2.45. The number of rotatable bonds is 2. The topological polar surface area (TPSA) is 58.4 Å². The first-order chi connectivity index (χ1) is 8.83. The van der Waals surface area contributed by atoms with E-state index in [-0.39, 0.29) is 11.9 Å². The van der Waals surface area contributed by atoms with Crippen molar-refractivity contribution in [2.45, 2.75) is 18.9 Å². The number of pyridine rings is 1. The predicted octanol–water partition coefficient (Wildman–Crippen LogP) is 0.816. The van der Waals surface area contributed by atoms with Gasteiger partial charge in [0.25, 0.3) is 5.91 Å². The molecular formula is C13H16N4O. The molecule has 2 N–H and O–H groups in total. The summed E-state index contributed by atoms with van der Waals surface area (Å²) in [6.07, 6.45) is 7.50. The number of carbonyl (C=O) groups is 1. The van der Waals surface area contributed by atoms with Gasteiger partial charge in [-0.25, -0.2) is 4.98 Å². The number of nitrogens with zero attached hydrogens (tertiary/aromatic N) is 2. The van der Waals surface area contributed by atoms with Gasteiger partial charge in [0.15, 0.2) is 0 Å². The van der Waals surface area contributed by atoms with Crippen LogP contribution in [0.2, 0.25) is 0 Å². The smallest absolute Gasteiger partial charge is 0.251 e. The van der Waals surface area contributed by atoms with E-state index < -0.39 is 0 Å². The maximum Gasteiger partial charge on any atom is 0.251 e. The third kappa shape index (κ3) is 2.22. The fraction of sp³-hybridized carbons (Fsp3) is 0.385. The van der Waals surface area contributed by atoms with Gasteiger partial charge in [-0.1, -0.05) is 0 Å². The summed E-state index contributed by atoms with van der Waals surface area (Å²) in [7, 11) is 0. The molecule has 5 heteroatoms. The lowest BCUT2D eigenvalue weighted by molar-refractivity contribution is 0.0930. The molecule has 0 radical (unpaired) electrons. The summed E-state index contributed by atoms with van der Waals surface area (Å²) in [6, 6.07) is 3.92. The van der Waals surface area contributed by atoms with Gasteiger partial charge in [0.05, 0.1) is 18.0 Å². The second kappa shape index (κ2) is 4.78. The first kappa shape index (κ1) is 11.2. The molecule has 1 unspecified atom stereocenters. The standard InChI is InChI=1S/C13H16N4O/c18-13(16-11-2-1-4-14-7-11)10-3-5-17-9-15-8-12(17)6-10/h3,5-6,8-9,11,14H,1-2,4,7H2,(H,16,18). The number of nitrogens with one attached hydrogen (secondary N) is 2. The van der Waals surface area contributed by atoms with E-state index in [1.54, 1.807) is 12.5 Å². The van der Waals surface area contributed by atoms with Crippen molar-refractivity contribution in [3.8, 4) is 0 Å². The Balaban J connectivity index is 1.74. The van der Waals surface area contributed by atoms with Crippen LogP contribution in [0.1, 0.15) is 23.2 Å². The fourth-order valence-electron chi connectivity index (χ4n) is 2.30. The lowest BCUT2D eigenvalue weighted by Gasteiger charge is -2.23. The van der Waals surface area contributed by atoms with Gasteiger partial charge in [0.2, 0.25) is 0 Å². The van der Waals surface area contributed by atoms with E-state index in [9.17, 15) is 4.79 Å². The Labute approximate surface area is 105 Å². The molecule has 0 saturated carbocycles. The molecule has 1 saturated heterocycles. The molecule has 94 valence electrons. The number of imidazole rings is 1. The maximum absolute atomic E-state index is 12.1. The monoisotopic (exact) mass is 244 g/mol. The number of amides is 1. The van der Waals surface area contributed by atoms with Crippen LogP contribution in [-0.2, 0) is 0 Å². The minimum absolute atomic E-state index is 0.00704. The van der Waals surface area contributed by atoms with Crippen LogP contribution in [0.25, 0.3) is 5.52 Å². The third-order valence-electron chi connectivity index (χ3n) is 3.31. The molecule has 1 aliphatic heterocycles. The molecule has 18 heavy (non-hydrogen) atoms. The van der Waals surface area contributed by atoms with Crippen molar-refractivity contribution in [1.29, 1.82) is 0 Å². The molecule has 0 bridgehead atoms. The zero-order valence-electron chi connectivity index (χ0n) is 10.1. The summed E-state index contributed by atoms with van der Waals surface area (Å²) < 4.78 is 1.89. The number of hydrogen-bond acceptors (Lipinski definition) is 3. The number of hydrogen-bond donors (Lipinski definition) is 2. The molecule has 1 amide bonds. The summed E-state index contributed by atoms with van der Waals surface area (Å²) in [4.78, 5) is 16.1. The van der Waals surface area contributed by atoms with Crippen LogP contribution in [-0.4, -0.2) is 34.4 Å². The van der Waals surface area contributed by atoms with Crippen molar-refractivity contribution in [3.05, 3.63) is 36.4 Å². The van der Waals surface area contributed by atoms with E-state index in [2.05, 4.69) is 15.6 Å². The Morgan fingerprint density at radius 1 is 1.56 bits per heavy atom. The number of aromatic nitrogens is 2. The van der Waals surface area contributed by atoms with E-state index in [4.69, 9.17) is 0 Å². The van der Waals surface area contributed by atoms with Crippen LogP contribution in [0.4, 0.5) is 0 Å². The normalized spacial score (nSPS) is 19.9. The first-order valence-corrected chi connectivity index (χ1v) is 6.26. The number of fused-ring (bicyclic) bond motifs is 1. The molecule has 0 aliphatic carbocycles. The van der Waals surface area contributed by atoms with Gasteiger partial charge >= 0.3 is 0 Å². The minimum atomic E-state index is -0.00704. The number of piperidine rings is 1. The Morgan fingerprint density at radius 3 is 3.33 bits per heavy atom. The van der Waals surface area contributed by atoms with E-state index in [0.29, 0.717) is 5.56 Å². The molecule has 2 aromatic rings. The molecule has 2 aromatic heterocycles. The molecule has 5 nitrogen and oxygen atoms in total. The van der Waals surface area contributed by atoms with Crippen molar-refractivity contribution in [2.75, 3.05) is 13.1 Å². The predicted molar refractivity (Wildman–Crippen MR) is 68.5 cm³/mol. The molecule has 1 fully saturated rings. The summed E-state index contributed by atoms with van der Waals surface area (Å²) in [5, 5.41) is 6.35. The molecule has 0 spiro atoms. The van der Waals surface area contributed by atoms with Crippen LogP contribution >= 0.6 is 0 Å². The summed E-state index contributed by atoms with van der Waals surface area (Å²) >= 11 is 0. The Hall–Kier alpha value is -1.88. The van der Waals surface area contributed by atoms with Gasteiger partial charge in [0.1, 0.15) is 0 Å². The molecule has 1 atom stereocenters. The van der Waals surface area contributed by atoms with Crippen LogP contribution in [0.15, 0.2) is 30.9 Å². The summed E-state index contributed by atoms with van der Waals surface area (Å²) in [5.74, 6) is -0.00704. The fourth-order valence-corrected chi connectivity index (χ4v) is 2.30. The SMILES string of the molecule is O=C(NC1CCCNC1)c1ccn2cncc2c1. The maximum atomic E-state index is 12.1. The highest BCUT2D eigenvalue weighted by atomic mass is 16.1. The third-order valence-corrected chi connectivity index (χ3v) is 3.31. The van der Waals surface area contributed by atoms with Crippen LogP contribution in [0.3, 0.4) is 0 Å². The van der Waals surface area contributed by atoms with E-state index >= 15 is 0 Å². The second-order valence-electron chi connectivity index (χ2n) is 4.66. The van der Waals surface area contributed by atoms with Gasteiger partial charge in [-0.15, -0.1) is 0 Å². The zero-order chi connectivity index (χ0) is 12.4. The van der Waals surface area contributed by atoms with Crippen molar-refractivity contribution in [2.24, 2.45) is 0 Å². The zero-order valence-corrected chi connectivity index (χ0v) is 10.1. The Kier molecular flexibility index (Phi) is 2.98. The van der Waals surface area contributed by atoms with Crippen LogP contribution in [0, 0.1) is 0 Å². The summed E-state index contributed by atoms with van der Waals surface area (Å²) in [6.45, 7) is 1.91. The van der Waals surface area contributed by atoms with Gasteiger partial charge < -0.3 is 15.0 Å². The van der Waals surface area contributed by atoms with Crippen molar-refractivity contribution in [3.63, 3.8) is 0 Å². The van der Waals surface area contributed by atoms with Crippen LogP contribution in [0.5, 0.6) is 0 Å². The average molecular weight is 244 g/mol. The molecule has 3 heterocycles. The minimum Gasteiger partial charge on any atom is -0.348 e. The Bertz CT molecular complexity index is 557. The first-order valence-electron chi connectivity index (χ1n) is 6.26. The van der Waals surface area contributed by atoms with Crippen molar-refractivity contribution < 1.29 is 4.79 Å². The second-order valence-corrected chi connectivity index (χ2v) is 4.66. The number of carbonyl (C=O) groups excluding carboxylic acids is 1. The van der Waals surface area contributed by atoms with Crippen molar-refractivity contribution >= 4 is 11.4 Å².